The van der Waals surface area contributed by atoms with E-state index in [1.165, 1.54) is 13.8 Å². The Kier molecular flexibility index (Phi) is 10.8. The number of ether oxygens (including phenoxy) is 3. The molecule has 165 valence electrons. The minimum atomic E-state index is -5.06. The molecular weight excluding hydrogens is 404 g/mol. The van der Waals surface area contributed by atoms with Gasteiger partial charge in [0.25, 0.3) is 0 Å². The molecule has 0 bridgehead atoms. The monoisotopic (exact) mass is 433 g/mol. The van der Waals surface area contributed by atoms with Crippen molar-refractivity contribution in [3.63, 3.8) is 0 Å². The molecular formula is C19H29O9S. The zero-order valence-electron chi connectivity index (χ0n) is 17.0. The second-order valence-electron chi connectivity index (χ2n) is 6.47. The highest BCUT2D eigenvalue weighted by Crippen LogP contribution is 2.38. The highest BCUT2D eigenvalue weighted by atomic mass is 32.2. The van der Waals surface area contributed by atoms with Crippen LogP contribution in [0.4, 0.5) is 0 Å². The summed E-state index contributed by atoms with van der Waals surface area (Å²) in [5, 5.41) is 0. The normalized spacial score (nSPS) is 16.4. The summed E-state index contributed by atoms with van der Waals surface area (Å²) in [7, 11) is -5.06. The number of carbonyl (C=O) groups is 3. The van der Waals surface area contributed by atoms with Gasteiger partial charge in [0.15, 0.2) is 0 Å². The van der Waals surface area contributed by atoms with Crippen LogP contribution < -0.4 is 0 Å². The smallest absolute Gasteiger partial charge is 0.330 e. The van der Waals surface area contributed by atoms with Crippen LogP contribution in [0.2, 0.25) is 0 Å². The molecule has 0 saturated heterocycles. The zero-order valence-corrected chi connectivity index (χ0v) is 17.8. The van der Waals surface area contributed by atoms with Crippen LogP contribution in [0.25, 0.3) is 0 Å². The number of rotatable bonds is 13. The highest BCUT2D eigenvalue weighted by molar-refractivity contribution is 7.86. The van der Waals surface area contributed by atoms with Gasteiger partial charge in [-0.2, -0.15) is 8.42 Å². The van der Waals surface area contributed by atoms with E-state index in [0.29, 0.717) is 12.8 Å². The predicted molar refractivity (Wildman–Crippen MR) is 105 cm³/mol. The van der Waals surface area contributed by atoms with Crippen LogP contribution in [-0.4, -0.2) is 48.5 Å². The van der Waals surface area contributed by atoms with E-state index in [1.807, 2.05) is 6.92 Å². The summed E-state index contributed by atoms with van der Waals surface area (Å²) < 4.78 is 49.0. The van der Waals surface area contributed by atoms with E-state index in [9.17, 15) is 27.4 Å². The molecule has 0 fully saturated rings. The molecule has 0 heterocycles. The Morgan fingerprint density at radius 2 is 1.45 bits per heavy atom. The lowest BCUT2D eigenvalue weighted by atomic mass is 9.80. The average Bonchev–Trinajstić information content (AvgIpc) is 2.64. The molecule has 0 aromatic carbocycles. The summed E-state index contributed by atoms with van der Waals surface area (Å²) in [6.07, 6.45) is 0.774. The van der Waals surface area contributed by atoms with Crippen molar-refractivity contribution in [1.82, 2.24) is 0 Å². The van der Waals surface area contributed by atoms with Gasteiger partial charge in [0.1, 0.15) is 12.2 Å². The largest absolute Gasteiger partial charge is 0.459 e. The van der Waals surface area contributed by atoms with E-state index in [-0.39, 0.29) is 6.42 Å². The first-order valence-electron chi connectivity index (χ1n) is 9.01. The number of carbonyl (C=O) groups excluding carboxylic acids is 3. The molecule has 0 amide bonds. The molecule has 3 atom stereocenters. The maximum absolute atomic E-state index is 12.2. The molecule has 1 radical (unpaired) electrons. The van der Waals surface area contributed by atoms with Crippen LogP contribution in [0.3, 0.4) is 0 Å². The van der Waals surface area contributed by atoms with Crippen LogP contribution in [0.5, 0.6) is 0 Å². The van der Waals surface area contributed by atoms with Gasteiger partial charge in [-0.05, 0) is 27.2 Å². The van der Waals surface area contributed by atoms with Crippen LogP contribution in [0.1, 0.15) is 46.5 Å². The van der Waals surface area contributed by atoms with E-state index in [2.05, 4.69) is 20.1 Å². The summed E-state index contributed by atoms with van der Waals surface area (Å²) in [4.78, 5) is 35.4. The summed E-state index contributed by atoms with van der Waals surface area (Å²) in [6, 6.07) is 0. The molecule has 0 aliphatic rings. The van der Waals surface area contributed by atoms with Gasteiger partial charge >= 0.3 is 28.0 Å². The molecule has 0 rings (SSSR count). The second kappa shape index (κ2) is 11.7. The minimum absolute atomic E-state index is 0.0996. The van der Waals surface area contributed by atoms with Crippen molar-refractivity contribution >= 4 is 28.0 Å². The Labute approximate surface area is 171 Å². The summed E-state index contributed by atoms with van der Waals surface area (Å²) in [5.41, 5.74) is -4.38. The molecule has 0 saturated carbocycles. The van der Waals surface area contributed by atoms with E-state index in [1.54, 1.807) is 0 Å². The predicted octanol–water partition coefficient (Wildman–Crippen LogP) is 2.38. The second-order valence-corrected chi connectivity index (χ2v) is 7.93. The zero-order chi connectivity index (χ0) is 22.8. The molecule has 0 aromatic heterocycles. The number of hydrogen-bond donors (Lipinski definition) is 1. The van der Waals surface area contributed by atoms with Gasteiger partial charge in [-0.15, -0.1) is 0 Å². The van der Waals surface area contributed by atoms with E-state index >= 15 is 0 Å². The van der Waals surface area contributed by atoms with E-state index in [4.69, 9.17) is 14.2 Å². The van der Waals surface area contributed by atoms with Crippen LogP contribution in [0.15, 0.2) is 25.3 Å². The van der Waals surface area contributed by atoms with Crippen molar-refractivity contribution in [1.29, 1.82) is 0 Å². The SMILES string of the molecule is [CH2]C(C(C)OC(=O)C=C)(C(C)OC(=O)C=C)C(OC(=O)CCCCC)S(=O)(=O)O. The summed E-state index contributed by atoms with van der Waals surface area (Å²) in [5.74, 6) is -2.74. The molecule has 10 heteroatoms. The first kappa shape index (κ1) is 26.8. The summed E-state index contributed by atoms with van der Waals surface area (Å²) in [6.45, 7) is 14.6. The van der Waals surface area contributed by atoms with Crippen LogP contribution in [0, 0.1) is 12.3 Å². The topological polar surface area (TPSA) is 133 Å². The maximum Gasteiger partial charge on any atom is 0.330 e. The number of esters is 3. The Hall–Kier alpha value is -2.20. The lowest BCUT2D eigenvalue weighted by molar-refractivity contribution is -0.175. The Morgan fingerprint density at radius 3 is 1.79 bits per heavy atom. The molecule has 0 aromatic rings. The van der Waals surface area contributed by atoms with Crippen molar-refractivity contribution < 1.29 is 41.6 Å². The molecule has 3 unspecified atom stereocenters. The molecule has 0 aliphatic heterocycles. The van der Waals surface area contributed by atoms with E-state index in [0.717, 1.165) is 18.6 Å². The third-order valence-corrected chi connectivity index (χ3v) is 5.44. The Bertz CT molecular complexity index is 683. The van der Waals surface area contributed by atoms with Gasteiger partial charge in [-0.1, -0.05) is 32.9 Å². The highest BCUT2D eigenvalue weighted by Gasteiger charge is 2.55. The van der Waals surface area contributed by atoms with Gasteiger partial charge in [-0.25, -0.2) is 9.59 Å². The van der Waals surface area contributed by atoms with Crippen molar-refractivity contribution in [3.8, 4) is 0 Å². The Balaban J connectivity index is 6.10. The molecule has 0 spiro atoms. The van der Waals surface area contributed by atoms with Crippen molar-refractivity contribution in [2.75, 3.05) is 0 Å². The van der Waals surface area contributed by atoms with Crippen LogP contribution >= 0.6 is 0 Å². The van der Waals surface area contributed by atoms with Gasteiger partial charge in [0, 0.05) is 18.6 Å². The first-order chi connectivity index (χ1) is 13.3. The quantitative estimate of drug-likeness (QED) is 0.153. The van der Waals surface area contributed by atoms with E-state index < -0.39 is 51.1 Å². The third-order valence-electron chi connectivity index (χ3n) is 4.37. The van der Waals surface area contributed by atoms with Gasteiger partial charge in [0.2, 0.25) is 5.44 Å². The summed E-state index contributed by atoms with van der Waals surface area (Å²) >= 11 is 0. The van der Waals surface area contributed by atoms with Gasteiger partial charge in [0.05, 0.1) is 5.41 Å². The lowest BCUT2D eigenvalue weighted by Gasteiger charge is -2.42. The molecule has 1 N–H and O–H groups in total. The van der Waals surface area contributed by atoms with Crippen molar-refractivity contribution in [2.45, 2.75) is 64.1 Å². The maximum atomic E-state index is 12.2. The molecule has 0 aliphatic carbocycles. The Morgan fingerprint density at radius 1 is 1.00 bits per heavy atom. The fourth-order valence-electron chi connectivity index (χ4n) is 2.52. The van der Waals surface area contributed by atoms with Crippen molar-refractivity contribution in [2.24, 2.45) is 5.41 Å². The standard InChI is InChI=1S/C19H29O9S/c1-7-10-11-12-17(22)28-18(29(23,24)25)19(6,13(4)26-15(20)8-2)14(5)27-16(21)9-3/h8-9,13-14,18H,2-3,6-7,10-12H2,1,4-5H3,(H,23,24,25). The third kappa shape index (κ3) is 7.98. The molecule has 9 nitrogen and oxygen atoms in total. The average molecular weight is 433 g/mol. The minimum Gasteiger partial charge on any atom is -0.459 e. The van der Waals surface area contributed by atoms with Crippen molar-refractivity contribution in [3.05, 3.63) is 32.2 Å². The fourth-order valence-corrected chi connectivity index (χ4v) is 3.69. The lowest BCUT2D eigenvalue weighted by Crippen LogP contribution is -2.56. The number of unbranched alkanes of at least 4 members (excludes halogenated alkanes) is 2. The van der Waals surface area contributed by atoms with Gasteiger partial charge in [-0.3, -0.25) is 9.35 Å². The fraction of sp³-hybridized carbons (Fsp3) is 0.579. The molecule has 29 heavy (non-hydrogen) atoms. The van der Waals surface area contributed by atoms with Crippen LogP contribution in [-0.2, 0) is 38.7 Å². The van der Waals surface area contributed by atoms with Gasteiger partial charge < -0.3 is 14.2 Å². The first-order valence-corrected chi connectivity index (χ1v) is 10.5. The number of hydrogen-bond acceptors (Lipinski definition) is 8.